The quantitative estimate of drug-likeness (QED) is 0.674. The molecule has 0 saturated carbocycles. The van der Waals surface area contributed by atoms with Gasteiger partial charge in [-0.2, -0.15) is 13.2 Å². The molecule has 8 heteroatoms. The fraction of sp³-hybridized carbons (Fsp3) is 0.300. The first-order valence-electron chi connectivity index (χ1n) is 8.37. The van der Waals surface area contributed by atoms with Gasteiger partial charge in [-0.1, -0.05) is 30.3 Å². The molecule has 0 heterocycles. The Morgan fingerprint density at radius 2 is 1.71 bits per heavy atom. The van der Waals surface area contributed by atoms with E-state index >= 15 is 0 Å². The van der Waals surface area contributed by atoms with Crippen molar-refractivity contribution in [2.75, 3.05) is 20.8 Å². The zero-order valence-corrected chi connectivity index (χ0v) is 15.5. The summed E-state index contributed by atoms with van der Waals surface area (Å²) in [5, 5.41) is 0. The van der Waals surface area contributed by atoms with Gasteiger partial charge in [-0.3, -0.25) is 9.59 Å². The lowest BCUT2D eigenvalue weighted by Crippen LogP contribution is -2.31. The number of likely N-dealkylation sites (N-methyl/N-ethyl adjacent to an activating group) is 1. The van der Waals surface area contributed by atoms with E-state index in [1.807, 2.05) is 12.1 Å². The maximum absolute atomic E-state index is 12.7. The second-order valence-corrected chi connectivity index (χ2v) is 6.13. The van der Waals surface area contributed by atoms with Crippen LogP contribution in [0.4, 0.5) is 13.2 Å². The summed E-state index contributed by atoms with van der Waals surface area (Å²) >= 11 is 0. The Morgan fingerprint density at radius 1 is 1.04 bits per heavy atom. The fourth-order valence-electron chi connectivity index (χ4n) is 2.42. The van der Waals surface area contributed by atoms with Crippen molar-refractivity contribution in [2.45, 2.75) is 19.1 Å². The van der Waals surface area contributed by atoms with Crippen LogP contribution in [0.1, 0.15) is 16.7 Å². The summed E-state index contributed by atoms with van der Waals surface area (Å²) in [7, 11) is 3.12. The number of hydrogen-bond acceptors (Lipinski definition) is 4. The highest BCUT2D eigenvalue weighted by molar-refractivity contribution is 5.81. The standard InChI is InChI=1S/C20H20F3NO4/c1-24(12-14-6-8-17(27-2)9-7-14)18(25)13-28-19(26)11-15-4-3-5-16(10-15)20(21,22)23/h3-10H,11-13H2,1-2H3. The van der Waals surface area contributed by atoms with E-state index in [2.05, 4.69) is 0 Å². The molecule has 0 spiro atoms. The number of ether oxygens (including phenoxy) is 2. The summed E-state index contributed by atoms with van der Waals surface area (Å²) in [6, 6.07) is 11.6. The molecule has 0 aliphatic heterocycles. The average molecular weight is 395 g/mol. The van der Waals surface area contributed by atoms with Crippen molar-refractivity contribution < 1.29 is 32.2 Å². The second-order valence-electron chi connectivity index (χ2n) is 6.13. The van der Waals surface area contributed by atoms with Crippen molar-refractivity contribution in [1.82, 2.24) is 4.90 Å². The van der Waals surface area contributed by atoms with Crippen LogP contribution in [0, 0.1) is 0 Å². The summed E-state index contributed by atoms with van der Waals surface area (Å²) in [5.74, 6) is -0.500. The number of carbonyl (C=O) groups excluding carboxylic acids is 2. The van der Waals surface area contributed by atoms with E-state index in [1.54, 1.807) is 26.3 Å². The molecule has 0 aliphatic carbocycles. The van der Waals surface area contributed by atoms with Gasteiger partial charge in [0, 0.05) is 13.6 Å². The zero-order chi connectivity index (χ0) is 20.7. The van der Waals surface area contributed by atoms with Gasteiger partial charge >= 0.3 is 12.1 Å². The summed E-state index contributed by atoms with van der Waals surface area (Å²) < 4.78 is 48.0. The first-order valence-corrected chi connectivity index (χ1v) is 8.37. The van der Waals surface area contributed by atoms with Gasteiger partial charge in [0.25, 0.3) is 5.91 Å². The Kier molecular flexibility index (Phi) is 7.03. The molecule has 0 N–H and O–H groups in total. The van der Waals surface area contributed by atoms with E-state index in [0.717, 1.165) is 17.7 Å². The van der Waals surface area contributed by atoms with Gasteiger partial charge < -0.3 is 14.4 Å². The Bertz CT molecular complexity index is 819. The number of alkyl halides is 3. The van der Waals surface area contributed by atoms with Crippen LogP contribution in [0.5, 0.6) is 5.75 Å². The third-order valence-electron chi connectivity index (χ3n) is 3.96. The van der Waals surface area contributed by atoms with E-state index in [1.165, 1.54) is 17.0 Å². The monoisotopic (exact) mass is 395 g/mol. The van der Waals surface area contributed by atoms with E-state index in [-0.39, 0.29) is 12.0 Å². The lowest BCUT2D eigenvalue weighted by Gasteiger charge is -2.17. The predicted molar refractivity (Wildman–Crippen MR) is 95.6 cm³/mol. The number of rotatable bonds is 7. The number of amides is 1. The molecular weight excluding hydrogens is 375 g/mol. The molecule has 5 nitrogen and oxygen atoms in total. The van der Waals surface area contributed by atoms with Gasteiger partial charge in [0.05, 0.1) is 19.1 Å². The Labute approximate surface area is 160 Å². The van der Waals surface area contributed by atoms with Crippen LogP contribution in [0.3, 0.4) is 0 Å². The lowest BCUT2D eigenvalue weighted by atomic mass is 10.1. The van der Waals surface area contributed by atoms with E-state index in [0.29, 0.717) is 12.3 Å². The number of esters is 1. The zero-order valence-electron chi connectivity index (χ0n) is 15.5. The number of halogens is 3. The number of carbonyl (C=O) groups is 2. The van der Waals surface area contributed by atoms with Crippen molar-refractivity contribution in [1.29, 1.82) is 0 Å². The normalized spacial score (nSPS) is 11.0. The van der Waals surface area contributed by atoms with Gasteiger partial charge in [-0.15, -0.1) is 0 Å². The molecule has 28 heavy (non-hydrogen) atoms. The molecule has 0 saturated heterocycles. The van der Waals surface area contributed by atoms with Gasteiger partial charge in [-0.05, 0) is 29.3 Å². The molecule has 2 aromatic carbocycles. The van der Waals surface area contributed by atoms with E-state index in [4.69, 9.17) is 9.47 Å². The Hall–Kier alpha value is -3.03. The highest BCUT2D eigenvalue weighted by Gasteiger charge is 2.30. The highest BCUT2D eigenvalue weighted by atomic mass is 19.4. The first kappa shape index (κ1) is 21.3. The average Bonchev–Trinajstić information content (AvgIpc) is 2.66. The molecule has 150 valence electrons. The minimum absolute atomic E-state index is 0.166. The van der Waals surface area contributed by atoms with Gasteiger partial charge in [0.15, 0.2) is 6.61 Å². The SMILES string of the molecule is COc1ccc(CN(C)C(=O)COC(=O)Cc2cccc(C(F)(F)F)c2)cc1. The fourth-order valence-corrected chi connectivity index (χ4v) is 2.42. The number of nitrogens with zero attached hydrogens (tertiary/aromatic N) is 1. The van der Waals surface area contributed by atoms with Crippen molar-refractivity contribution in [3.8, 4) is 5.75 Å². The summed E-state index contributed by atoms with van der Waals surface area (Å²) in [6.45, 7) is -0.168. The topological polar surface area (TPSA) is 55.8 Å². The van der Waals surface area contributed by atoms with E-state index in [9.17, 15) is 22.8 Å². The molecule has 0 radical (unpaired) electrons. The highest BCUT2D eigenvalue weighted by Crippen LogP contribution is 2.29. The molecule has 0 aromatic heterocycles. The molecule has 0 aliphatic rings. The molecule has 1 amide bonds. The van der Waals surface area contributed by atoms with Crippen LogP contribution >= 0.6 is 0 Å². The Morgan fingerprint density at radius 3 is 2.32 bits per heavy atom. The van der Waals surface area contributed by atoms with Crippen LogP contribution in [-0.2, 0) is 33.5 Å². The van der Waals surface area contributed by atoms with Crippen molar-refractivity contribution in [2.24, 2.45) is 0 Å². The van der Waals surface area contributed by atoms with Crippen LogP contribution < -0.4 is 4.74 Å². The molecule has 2 rings (SSSR count). The van der Waals surface area contributed by atoms with Gasteiger partial charge in [0.1, 0.15) is 5.75 Å². The number of benzene rings is 2. The van der Waals surface area contributed by atoms with Crippen LogP contribution in [0.25, 0.3) is 0 Å². The Balaban J connectivity index is 1.83. The maximum atomic E-state index is 12.7. The molecule has 0 bridgehead atoms. The van der Waals surface area contributed by atoms with Gasteiger partial charge in [-0.25, -0.2) is 0 Å². The molecule has 0 fully saturated rings. The van der Waals surface area contributed by atoms with Crippen molar-refractivity contribution in [3.63, 3.8) is 0 Å². The van der Waals surface area contributed by atoms with Gasteiger partial charge in [0.2, 0.25) is 0 Å². The first-order chi connectivity index (χ1) is 13.2. The number of methoxy groups -OCH3 is 1. The molecule has 2 aromatic rings. The lowest BCUT2D eigenvalue weighted by molar-refractivity contribution is -0.151. The predicted octanol–water partition coefficient (Wildman–Crippen LogP) is 3.46. The minimum atomic E-state index is -4.49. The summed E-state index contributed by atoms with van der Waals surface area (Å²) in [4.78, 5) is 25.3. The molecule has 0 atom stereocenters. The summed E-state index contributed by atoms with van der Waals surface area (Å²) in [6.07, 6.45) is -4.83. The van der Waals surface area contributed by atoms with Crippen LogP contribution in [0.15, 0.2) is 48.5 Å². The third kappa shape index (κ3) is 6.29. The smallest absolute Gasteiger partial charge is 0.416 e. The minimum Gasteiger partial charge on any atom is -0.497 e. The summed E-state index contributed by atoms with van der Waals surface area (Å²) in [5.41, 5.74) is 0.193. The van der Waals surface area contributed by atoms with Crippen LogP contribution in [0.2, 0.25) is 0 Å². The maximum Gasteiger partial charge on any atom is 0.416 e. The van der Waals surface area contributed by atoms with Crippen LogP contribution in [-0.4, -0.2) is 37.5 Å². The second kappa shape index (κ2) is 9.25. The van der Waals surface area contributed by atoms with E-state index < -0.39 is 30.2 Å². The largest absolute Gasteiger partial charge is 0.497 e. The molecule has 0 unspecified atom stereocenters. The van der Waals surface area contributed by atoms with Crippen molar-refractivity contribution >= 4 is 11.9 Å². The third-order valence-corrected chi connectivity index (χ3v) is 3.96. The molecular formula is C20H20F3NO4. The van der Waals surface area contributed by atoms with Crippen molar-refractivity contribution in [3.05, 3.63) is 65.2 Å². The number of hydrogen-bond donors (Lipinski definition) is 0.